The number of rotatable bonds is 2. The Morgan fingerprint density at radius 3 is 2.94 bits per heavy atom. The van der Waals surface area contributed by atoms with Crippen LogP contribution < -0.4 is 4.90 Å². The Morgan fingerprint density at radius 2 is 2.35 bits per heavy atom. The van der Waals surface area contributed by atoms with Gasteiger partial charge in [-0.25, -0.2) is 4.98 Å². The van der Waals surface area contributed by atoms with Crippen molar-refractivity contribution in [2.75, 3.05) is 32.1 Å². The molecule has 2 rings (SSSR count). The molecule has 1 saturated heterocycles. The standard InChI is InChI=1S/C12H15BrN4/c1-16(2)11-3-4-17(8-11)12-9(6-14)5-10(13)7-15-12/h5,7,11H,3-4,8H2,1-2H3/t11-/m1/s1. The van der Waals surface area contributed by atoms with Gasteiger partial charge in [0.2, 0.25) is 0 Å². The fourth-order valence-corrected chi connectivity index (χ4v) is 2.45. The monoisotopic (exact) mass is 294 g/mol. The summed E-state index contributed by atoms with van der Waals surface area (Å²) in [7, 11) is 4.18. The molecule has 1 fully saturated rings. The highest BCUT2D eigenvalue weighted by atomic mass is 79.9. The van der Waals surface area contributed by atoms with Crippen molar-refractivity contribution in [3.63, 3.8) is 0 Å². The van der Waals surface area contributed by atoms with E-state index in [1.165, 1.54) is 0 Å². The fraction of sp³-hybridized carbons (Fsp3) is 0.500. The van der Waals surface area contributed by atoms with Crippen molar-refractivity contribution in [2.24, 2.45) is 0 Å². The molecule has 0 radical (unpaired) electrons. The van der Waals surface area contributed by atoms with Crippen LogP contribution >= 0.6 is 15.9 Å². The lowest BCUT2D eigenvalue weighted by Crippen LogP contribution is -2.32. The Labute approximate surface area is 110 Å². The first-order chi connectivity index (χ1) is 8.11. The van der Waals surface area contributed by atoms with Gasteiger partial charge in [0.05, 0.1) is 5.56 Å². The maximum atomic E-state index is 9.13. The van der Waals surface area contributed by atoms with Crippen LogP contribution in [0.4, 0.5) is 5.82 Å². The lowest BCUT2D eigenvalue weighted by molar-refractivity contribution is 0.315. The van der Waals surface area contributed by atoms with E-state index < -0.39 is 0 Å². The zero-order valence-electron chi connectivity index (χ0n) is 10.0. The second-order valence-corrected chi connectivity index (χ2v) is 5.40. The van der Waals surface area contributed by atoms with Crippen LogP contribution in [-0.4, -0.2) is 43.1 Å². The molecule has 0 N–H and O–H groups in total. The Balaban J connectivity index is 2.22. The number of anilines is 1. The number of aromatic nitrogens is 1. The molecule has 0 aromatic carbocycles. The number of likely N-dealkylation sites (N-methyl/N-ethyl adjacent to an activating group) is 1. The Bertz CT molecular complexity index is 452. The normalized spacial score (nSPS) is 19.7. The molecule has 0 unspecified atom stereocenters. The predicted octanol–water partition coefficient (Wildman–Crippen LogP) is 1.86. The number of hydrogen-bond donors (Lipinski definition) is 0. The predicted molar refractivity (Wildman–Crippen MR) is 71.0 cm³/mol. The second kappa shape index (κ2) is 5.03. The highest BCUT2D eigenvalue weighted by molar-refractivity contribution is 9.10. The molecular formula is C12H15BrN4. The molecule has 1 aromatic rings. The lowest BCUT2D eigenvalue weighted by Gasteiger charge is -2.21. The Hall–Kier alpha value is -1.12. The largest absolute Gasteiger partial charge is 0.354 e. The van der Waals surface area contributed by atoms with E-state index in [1.807, 2.05) is 6.07 Å². The van der Waals surface area contributed by atoms with Crippen LogP contribution in [0.1, 0.15) is 12.0 Å². The second-order valence-electron chi connectivity index (χ2n) is 4.49. The van der Waals surface area contributed by atoms with E-state index in [1.54, 1.807) is 6.20 Å². The van der Waals surface area contributed by atoms with Crippen LogP contribution in [0.3, 0.4) is 0 Å². The minimum Gasteiger partial charge on any atom is -0.354 e. The molecule has 0 aliphatic carbocycles. The highest BCUT2D eigenvalue weighted by Crippen LogP contribution is 2.25. The minimum atomic E-state index is 0.548. The van der Waals surface area contributed by atoms with Crippen molar-refractivity contribution in [1.29, 1.82) is 5.26 Å². The summed E-state index contributed by atoms with van der Waals surface area (Å²) >= 11 is 3.34. The zero-order valence-corrected chi connectivity index (χ0v) is 11.6. The summed E-state index contributed by atoms with van der Waals surface area (Å²) in [5, 5.41) is 9.13. The molecule has 0 bridgehead atoms. The smallest absolute Gasteiger partial charge is 0.146 e. The molecule has 1 aromatic heterocycles. The van der Waals surface area contributed by atoms with Crippen LogP contribution in [0, 0.1) is 11.3 Å². The van der Waals surface area contributed by atoms with Crippen molar-refractivity contribution >= 4 is 21.7 Å². The maximum absolute atomic E-state index is 9.13. The van der Waals surface area contributed by atoms with Crippen molar-refractivity contribution in [3.05, 3.63) is 22.3 Å². The molecule has 4 nitrogen and oxygen atoms in total. The molecule has 0 saturated carbocycles. The quantitative estimate of drug-likeness (QED) is 0.835. The Kier molecular flexibility index (Phi) is 3.65. The molecule has 1 aliphatic heterocycles. The fourth-order valence-electron chi connectivity index (χ4n) is 2.12. The third kappa shape index (κ3) is 2.59. The van der Waals surface area contributed by atoms with Crippen LogP contribution in [0.2, 0.25) is 0 Å². The van der Waals surface area contributed by atoms with Crippen LogP contribution in [0.5, 0.6) is 0 Å². The first-order valence-electron chi connectivity index (χ1n) is 5.59. The Morgan fingerprint density at radius 1 is 1.59 bits per heavy atom. The van der Waals surface area contributed by atoms with E-state index >= 15 is 0 Å². The van der Waals surface area contributed by atoms with Crippen molar-refractivity contribution < 1.29 is 0 Å². The number of nitriles is 1. The molecule has 1 atom stereocenters. The molecule has 17 heavy (non-hydrogen) atoms. The third-order valence-corrected chi connectivity index (χ3v) is 3.58. The zero-order chi connectivity index (χ0) is 12.4. The van der Waals surface area contributed by atoms with Gasteiger partial charge in [-0.05, 0) is 42.5 Å². The van der Waals surface area contributed by atoms with E-state index in [0.29, 0.717) is 11.6 Å². The molecule has 5 heteroatoms. The number of halogens is 1. The molecular weight excluding hydrogens is 280 g/mol. The van der Waals surface area contributed by atoms with Gasteiger partial charge >= 0.3 is 0 Å². The summed E-state index contributed by atoms with van der Waals surface area (Å²) < 4.78 is 0.848. The van der Waals surface area contributed by atoms with Gasteiger partial charge in [0.25, 0.3) is 0 Å². The van der Waals surface area contributed by atoms with Crippen molar-refractivity contribution in [1.82, 2.24) is 9.88 Å². The topological polar surface area (TPSA) is 43.2 Å². The summed E-state index contributed by atoms with van der Waals surface area (Å²) in [5.74, 6) is 0.806. The third-order valence-electron chi connectivity index (χ3n) is 3.15. The lowest BCUT2D eigenvalue weighted by atomic mass is 10.2. The SMILES string of the molecule is CN(C)[C@@H]1CCN(c2ncc(Br)cc2C#N)C1. The van der Waals surface area contributed by atoms with E-state index in [-0.39, 0.29) is 0 Å². The maximum Gasteiger partial charge on any atom is 0.146 e. The van der Waals surface area contributed by atoms with E-state index in [2.05, 4.69) is 50.9 Å². The summed E-state index contributed by atoms with van der Waals surface area (Å²) in [6.07, 6.45) is 2.87. The first-order valence-corrected chi connectivity index (χ1v) is 6.38. The van der Waals surface area contributed by atoms with E-state index in [4.69, 9.17) is 5.26 Å². The summed E-state index contributed by atoms with van der Waals surface area (Å²) in [6, 6.07) is 4.58. The summed E-state index contributed by atoms with van der Waals surface area (Å²) in [5.41, 5.74) is 0.638. The molecule has 0 amide bonds. The molecule has 0 spiro atoms. The molecule has 90 valence electrons. The van der Waals surface area contributed by atoms with Gasteiger partial charge in [0.1, 0.15) is 11.9 Å². The highest BCUT2D eigenvalue weighted by Gasteiger charge is 2.26. The van der Waals surface area contributed by atoms with Crippen molar-refractivity contribution in [3.8, 4) is 6.07 Å². The average Bonchev–Trinajstić information content (AvgIpc) is 2.78. The minimum absolute atomic E-state index is 0.548. The first kappa shape index (κ1) is 12.3. The summed E-state index contributed by atoms with van der Waals surface area (Å²) in [6.45, 7) is 1.91. The van der Waals surface area contributed by atoms with Crippen LogP contribution in [0.15, 0.2) is 16.7 Å². The number of nitrogens with zero attached hydrogens (tertiary/aromatic N) is 4. The van der Waals surface area contributed by atoms with E-state index in [9.17, 15) is 0 Å². The van der Waals surface area contributed by atoms with Crippen LogP contribution in [0.25, 0.3) is 0 Å². The van der Waals surface area contributed by atoms with Gasteiger partial charge in [-0.15, -0.1) is 0 Å². The summed E-state index contributed by atoms with van der Waals surface area (Å²) in [4.78, 5) is 8.78. The van der Waals surface area contributed by atoms with Gasteiger partial charge in [-0.2, -0.15) is 5.26 Å². The molecule has 1 aliphatic rings. The number of hydrogen-bond acceptors (Lipinski definition) is 4. The van der Waals surface area contributed by atoms with Gasteiger partial charge < -0.3 is 9.80 Å². The number of pyridine rings is 1. The van der Waals surface area contributed by atoms with Gasteiger partial charge in [0.15, 0.2) is 0 Å². The van der Waals surface area contributed by atoms with Crippen LogP contribution in [-0.2, 0) is 0 Å². The van der Waals surface area contributed by atoms with Gasteiger partial charge in [-0.1, -0.05) is 0 Å². The molecule has 2 heterocycles. The van der Waals surface area contributed by atoms with Crippen molar-refractivity contribution in [2.45, 2.75) is 12.5 Å². The average molecular weight is 295 g/mol. The van der Waals surface area contributed by atoms with E-state index in [0.717, 1.165) is 29.8 Å². The van der Waals surface area contributed by atoms with Gasteiger partial charge in [0, 0.05) is 29.8 Å². The van der Waals surface area contributed by atoms with Gasteiger partial charge in [-0.3, -0.25) is 0 Å².